The van der Waals surface area contributed by atoms with Crippen molar-refractivity contribution >= 4 is 21.8 Å². The fourth-order valence-electron chi connectivity index (χ4n) is 3.79. The second kappa shape index (κ2) is 7.69. The van der Waals surface area contributed by atoms with E-state index in [0.29, 0.717) is 17.2 Å². The minimum atomic E-state index is -3.55. The van der Waals surface area contributed by atoms with Crippen LogP contribution in [0.4, 0.5) is 0 Å². The Morgan fingerprint density at radius 2 is 1.59 bits per heavy atom. The second-order valence-electron chi connectivity index (χ2n) is 7.50. The lowest BCUT2D eigenvalue weighted by molar-refractivity contribution is 0.0663. The summed E-state index contributed by atoms with van der Waals surface area (Å²) in [6, 6.07) is 7.01. The Hall–Kier alpha value is -1.77. The summed E-state index contributed by atoms with van der Waals surface area (Å²) in [7, 11) is -1.95. The monoisotopic (exact) mass is 393 g/mol. The van der Waals surface area contributed by atoms with Crippen molar-refractivity contribution in [2.75, 3.05) is 32.4 Å². The third kappa shape index (κ3) is 3.93. The number of piperidine rings is 1. The summed E-state index contributed by atoms with van der Waals surface area (Å²) in [4.78, 5) is 28.2. The van der Waals surface area contributed by atoms with Gasteiger partial charge in [-0.15, -0.1) is 0 Å². The van der Waals surface area contributed by atoms with Crippen molar-refractivity contribution in [2.45, 2.75) is 38.8 Å². The van der Waals surface area contributed by atoms with E-state index in [2.05, 4.69) is 18.7 Å². The number of hydrogen-bond donors (Lipinski definition) is 0. The number of carbonyl (C=O) groups excluding carboxylic acids is 2. The van der Waals surface area contributed by atoms with E-state index in [-0.39, 0.29) is 18.3 Å². The van der Waals surface area contributed by atoms with Crippen LogP contribution in [0.2, 0.25) is 0 Å². The van der Waals surface area contributed by atoms with Crippen LogP contribution in [0.1, 0.15) is 47.4 Å². The predicted molar refractivity (Wildman–Crippen MR) is 103 cm³/mol. The third-order valence-electron chi connectivity index (χ3n) is 5.63. The van der Waals surface area contributed by atoms with Gasteiger partial charge in [-0.25, -0.2) is 12.7 Å². The average molecular weight is 394 g/mol. The van der Waals surface area contributed by atoms with Crippen molar-refractivity contribution in [3.05, 3.63) is 35.4 Å². The van der Waals surface area contributed by atoms with Crippen molar-refractivity contribution in [2.24, 2.45) is 0 Å². The Labute approximate surface area is 161 Å². The Kier molecular flexibility index (Phi) is 5.69. The van der Waals surface area contributed by atoms with Gasteiger partial charge in [-0.1, -0.05) is 12.1 Å². The molecule has 0 aromatic heterocycles. The molecule has 0 spiro atoms. The minimum Gasteiger partial charge on any atom is -0.301 e. The number of amides is 2. The number of benzene rings is 1. The summed E-state index contributed by atoms with van der Waals surface area (Å²) >= 11 is 0. The van der Waals surface area contributed by atoms with Gasteiger partial charge >= 0.3 is 0 Å². The smallest absolute Gasteiger partial charge is 0.261 e. The van der Waals surface area contributed by atoms with Crippen LogP contribution in [-0.2, 0) is 10.0 Å². The molecule has 148 valence electrons. The zero-order valence-electron chi connectivity index (χ0n) is 16.1. The number of likely N-dealkylation sites (tertiary alicyclic amines) is 1. The van der Waals surface area contributed by atoms with Crippen LogP contribution in [0.3, 0.4) is 0 Å². The highest BCUT2D eigenvalue weighted by Gasteiger charge is 2.37. The largest absolute Gasteiger partial charge is 0.301 e. The Balaban J connectivity index is 1.61. The molecule has 1 aromatic rings. The first-order valence-electron chi connectivity index (χ1n) is 9.37. The summed E-state index contributed by atoms with van der Waals surface area (Å²) < 4.78 is 26.9. The summed E-state index contributed by atoms with van der Waals surface area (Å²) in [6.07, 6.45) is 1.59. The standard InChI is InChI=1S/C19H27N3O4S/c1-14(2)21-10-8-15(9-11-21)20(3)27(25,26)13-12-22-18(23)16-6-4-5-7-17(16)19(22)24/h4-7,14-15H,8-13H2,1-3H3. The molecule has 0 aliphatic carbocycles. The fourth-order valence-corrected chi connectivity index (χ4v) is 5.15. The molecule has 0 bridgehead atoms. The van der Waals surface area contributed by atoms with E-state index >= 15 is 0 Å². The van der Waals surface area contributed by atoms with E-state index in [1.165, 1.54) is 4.31 Å². The van der Waals surface area contributed by atoms with Gasteiger partial charge in [-0.05, 0) is 51.9 Å². The summed E-state index contributed by atoms with van der Waals surface area (Å²) in [5, 5.41) is 0. The van der Waals surface area contributed by atoms with Gasteiger partial charge in [0.15, 0.2) is 0 Å². The second-order valence-corrected chi connectivity index (χ2v) is 9.65. The molecule has 0 unspecified atom stereocenters. The van der Waals surface area contributed by atoms with Crippen LogP contribution in [0, 0.1) is 0 Å². The lowest BCUT2D eigenvalue weighted by Gasteiger charge is -2.38. The van der Waals surface area contributed by atoms with Crippen molar-refractivity contribution < 1.29 is 18.0 Å². The number of imide groups is 1. The maximum Gasteiger partial charge on any atom is 0.261 e. The van der Waals surface area contributed by atoms with Crippen LogP contribution in [0.25, 0.3) is 0 Å². The molecule has 3 rings (SSSR count). The molecular formula is C19H27N3O4S. The first-order chi connectivity index (χ1) is 12.7. The highest BCUT2D eigenvalue weighted by molar-refractivity contribution is 7.89. The van der Waals surface area contributed by atoms with Crippen LogP contribution >= 0.6 is 0 Å². The third-order valence-corrected chi connectivity index (χ3v) is 7.51. The predicted octanol–water partition coefficient (Wildman–Crippen LogP) is 1.42. The van der Waals surface area contributed by atoms with Gasteiger partial charge in [0.05, 0.1) is 16.9 Å². The van der Waals surface area contributed by atoms with E-state index in [9.17, 15) is 18.0 Å². The van der Waals surface area contributed by atoms with Crippen molar-refractivity contribution in [3.8, 4) is 0 Å². The van der Waals surface area contributed by atoms with E-state index in [0.717, 1.165) is 30.8 Å². The molecule has 2 amide bonds. The maximum absolute atomic E-state index is 12.8. The molecule has 27 heavy (non-hydrogen) atoms. The lowest BCUT2D eigenvalue weighted by atomic mass is 10.0. The van der Waals surface area contributed by atoms with Crippen LogP contribution in [0.15, 0.2) is 24.3 Å². The van der Waals surface area contributed by atoms with Crippen LogP contribution in [0.5, 0.6) is 0 Å². The van der Waals surface area contributed by atoms with Crippen LogP contribution < -0.4 is 0 Å². The molecule has 0 radical (unpaired) electrons. The summed E-state index contributed by atoms with van der Waals surface area (Å²) in [5.41, 5.74) is 0.684. The van der Waals surface area contributed by atoms with Crippen molar-refractivity contribution in [1.29, 1.82) is 0 Å². The van der Waals surface area contributed by atoms with Gasteiger partial charge in [0.1, 0.15) is 0 Å². The highest BCUT2D eigenvalue weighted by atomic mass is 32.2. The molecule has 8 heteroatoms. The lowest BCUT2D eigenvalue weighted by Crippen LogP contribution is -2.48. The topological polar surface area (TPSA) is 78.0 Å². The molecule has 2 heterocycles. The van der Waals surface area contributed by atoms with Gasteiger partial charge in [0.2, 0.25) is 10.0 Å². The van der Waals surface area contributed by atoms with Gasteiger partial charge < -0.3 is 4.90 Å². The van der Waals surface area contributed by atoms with Gasteiger partial charge in [0.25, 0.3) is 11.8 Å². The highest BCUT2D eigenvalue weighted by Crippen LogP contribution is 2.23. The molecule has 0 saturated carbocycles. The number of fused-ring (bicyclic) bond motifs is 1. The van der Waals surface area contributed by atoms with E-state index in [1.54, 1.807) is 31.3 Å². The van der Waals surface area contributed by atoms with Gasteiger partial charge in [-0.3, -0.25) is 14.5 Å². The zero-order chi connectivity index (χ0) is 19.8. The Morgan fingerprint density at radius 3 is 2.07 bits per heavy atom. The molecular weight excluding hydrogens is 366 g/mol. The molecule has 1 saturated heterocycles. The number of sulfonamides is 1. The molecule has 1 fully saturated rings. The van der Waals surface area contributed by atoms with Crippen molar-refractivity contribution in [1.82, 2.24) is 14.1 Å². The minimum absolute atomic E-state index is 0.0350. The first kappa shape index (κ1) is 20.0. The average Bonchev–Trinajstić information content (AvgIpc) is 2.90. The molecule has 0 N–H and O–H groups in total. The Bertz CT molecular complexity index is 794. The zero-order valence-corrected chi connectivity index (χ0v) is 16.9. The number of nitrogens with zero attached hydrogens (tertiary/aromatic N) is 3. The first-order valence-corrected chi connectivity index (χ1v) is 11.0. The summed E-state index contributed by atoms with van der Waals surface area (Å²) in [6.45, 7) is 5.91. The Morgan fingerprint density at radius 1 is 1.07 bits per heavy atom. The summed E-state index contributed by atoms with van der Waals surface area (Å²) in [5.74, 6) is -1.09. The van der Waals surface area contributed by atoms with Crippen LogP contribution in [-0.4, -0.2) is 78.9 Å². The maximum atomic E-state index is 12.8. The number of carbonyl (C=O) groups is 2. The van der Waals surface area contributed by atoms with Gasteiger partial charge in [0, 0.05) is 25.7 Å². The fraction of sp³-hybridized carbons (Fsp3) is 0.579. The van der Waals surface area contributed by atoms with E-state index < -0.39 is 21.8 Å². The molecule has 2 aliphatic heterocycles. The molecule has 1 aromatic carbocycles. The van der Waals surface area contributed by atoms with E-state index in [4.69, 9.17) is 0 Å². The quantitative estimate of drug-likeness (QED) is 0.683. The van der Waals surface area contributed by atoms with E-state index in [1.807, 2.05) is 0 Å². The number of hydrogen-bond acceptors (Lipinski definition) is 5. The van der Waals surface area contributed by atoms with Gasteiger partial charge in [-0.2, -0.15) is 0 Å². The molecule has 0 atom stereocenters. The molecule has 7 nitrogen and oxygen atoms in total. The normalized spacial score (nSPS) is 19.4. The SMILES string of the molecule is CC(C)N1CCC(N(C)S(=O)(=O)CCN2C(=O)c3ccccc3C2=O)CC1. The molecule has 2 aliphatic rings. The number of rotatable bonds is 6. The van der Waals surface area contributed by atoms with Crippen molar-refractivity contribution in [3.63, 3.8) is 0 Å².